The van der Waals surface area contributed by atoms with Gasteiger partial charge in [-0.25, -0.2) is 4.98 Å². The number of aromatic nitrogens is 1. The Morgan fingerprint density at radius 1 is 1.47 bits per heavy atom. The van der Waals surface area contributed by atoms with Crippen molar-refractivity contribution in [2.24, 2.45) is 0 Å². The molecule has 1 heterocycles. The minimum atomic E-state index is -0.212. The molecule has 1 aromatic heterocycles. The van der Waals surface area contributed by atoms with Gasteiger partial charge in [-0.15, -0.1) is 11.8 Å². The van der Waals surface area contributed by atoms with Gasteiger partial charge in [0.2, 0.25) is 0 Å². The molecule has 106 valence electrons. The van der Waals surface area contributed by atoms with Crippen molar-refractivity contribution in [1.29, 1.82) is 0 Å². The zero-order valence-electron chi connectivity index (χ0n) is 11.6. The highest BCUT2D eigenvalue weighted by Gasteiger charge is 2.18. The molecule has 0 radical (unpaired) electrons. The maximum absolute atomic E-state index is 11.8. The molecule has 19 heavy (non-hydrogen) atoms. The van der Waals surface area contributed by atoms with Gasteiger partial charge in [0.1, 0.15) is 6.04 Å². The van der Waals surface area contributed by atoms with Crippen molar-refractivity contribution in [3.63, 3.8) is 0 Å². The minimum absolute atomic E-state index is 0.155. The van der Waals surface area contributed by atoms with Crippen LogP contribution in [-0.2, 0) is 9.53 Å². The van der Waals surface area contributed by atoms with Crippen molar-refractivity contribution < 1.29 is 9.53 Å². The van der Waals surface area contributed by atoms with E-state index in [-0.39, 0.29) is 12.0 Å². The predicted molar refractivity (Wildman–Crippen MR) is 78.3 cm³/mol. The molecule has 1 N–H and O–H groups in total. The minimum Gasteiger partial charge on any atom is -0.465 e. The SMILES string of the molecule is CCCNC(CCSc1ccccn1)C(=O)OCC. The van der Waals surface area contributed by atoms with E-state index in [1.54, 1.807) is 18.0 Å². The molecule has 1 aromatic rings. The lowest BCUT2D eigenvalue weighted by Crippen LogP contribution is -2.39. The van der Waals surface area contributed by atoms with E-state index in [1.165, 1.54) is 0 Å². The molecule has 4 nitrogen and oxygen atoms in total. The van der Waals surface area contributed by atoms with Gasteiger partial charge in [-0.3, -0.25) is 4.79 Å². The third kappa shape index (κ3) is 6.59. The number of hydrogen-bond acceptors (Lipinski definition) is 5. The van der Waals surface area contributed by atoms with Gasteiger partial charge in [0.25, 0.3) is 0 Å². The Labute approximate surface area is 119 Å². The first kappa shape index (κ1) is 16.0. The molecule has 0 aromatic carbocycles. The fraction of sp³-hybridized carbons (Fsp3) is 0.571. The van der Waals surface area contributed by atoms with E-state index in [1.807, 2.05) is 25.1 Å². The molecule has 0 fully saturated rings. The van der Waals surface area contributed by atoms with Crippen molar-refractivity contribution in [2.45, 2.75) is 37.8 Å². The number of esters is 1. The highest BCUT2D eigenvalue weighted by atomic mass is 32.2. The monoisotopic (exact) mass is 282 g/mol. The van der Waals surface area contributed by atoms with Gasteiger partial charge in [0.05, 0.1) is 11.6 Å². The molecule has 0 bridgehead atoms. The molecule has 0 spiro atoms. The molecule has 0 aliphatic heterocycles. The van der Waals surface area contributed by atoms with Gasteiger partial charge >= 0.3 is 5.97 Å². The first-order valence-corrected chi connectivity index (χ1v) is 7.70. The van der Waals surface area contributed by atoms with Crippen molar-refractivity contribution in [1.82, 2.24) is 10.3 Å². The van der Waals surface area contributed by atoms with Crippen LogP contribution in [0.25, 0.3) is 0 Å². The summed E-state index contributed by atoms with van der Waals surface area (Å²) in [7, 11) is 0. The highest BCUT2D eigenvalue weighted by Crippen LogP contribution is 2.16. The topological polar surface area (TPSA) is 51.2 Å². The maximum Gasteiger partial charge on any atom is 0.323 e. The summed E-state index contributed by atoms with van der Waals surface area (Å²) in [5.74, 6) is 0.689. The largest absolute Gasteiger partial charge is 0.465 e. The molecular weight excluding hydrogens is 260 g/mol. The molecule has 0 aliphatic rings. The van der Waals surface area contributed by atoms with Crippen LogP contribution >= 0.6 is 11.8 Å². The summed E-state index contributed by atoms with van der Waals surface area (Å²) >= 11 is 1.66. The van der Waals surface area contributed by atoms with Crippen LogP contribution in [0.2, 0.25) is 0 Å². The molecule has 0 saturated heterocycles. The summed E-state index contributed by atoms with van der Waals surface area (Å²) in [6, 6.07) is 5.63. The van der Waals surface area contributed by atoms with Crippen LogP contribution in [0.5, 0.6) is 0 Å². The second-order valence-electron chi connectivity index (χ2n) is 4.06. The van der Waals surface area contributed by atoms with Crippen LogP contribution in [0.4, 0.5) is 0 Å². The Bertz CT molecular complexity index is 360. The number of ether oxygens (including phenoxy) is 1. The third-order valence-corrected chi connectivity index (χ3v) is 3.48. The lowest BCUT2D eigenvalue weighted by atomic mass is 10.2. The van der Waals surface area contributed by atoms with E-state index in [2.05, 4.69) is 17.2 Å². The number of hydrogen-bond donors (Lipinski definition) is 1. The van der Waals surface area contributed by atoms with E-state index in [9.17, 15) is 4.79 Å². The fourth-order valence-corrected chi connectivity index (χ4v) is 2.45. The van der Waals surface area contributed by atoms with Crippen LogP contribution in [0.15, 0.2) is 29.4 Å². The fourth-order valence-electron chi connectivity index (χ4n) is 1.58. The zero-order valence-corrected chi connectivity index (χ0v) is 12.4. The molecular formula is C14H22N2O2S. The summed E-state index contributed by atoms with van der Waals surface area (Å²) in [5, 5.41) is 4.22. The molecule has 0 aliphatic carbocycles. The lowest BCUT2D eigenvalue weighted by Gasteiger charge is -2.16. The highest BCUT2D eigenvalue weighted by molar-refractivity contribution is 7.99. The number of pyridine rings is 1. The van der Waals surface area contributed by atoms with E-state index in [0.717, 1.165) is 30.2 Å². The zero-order chi connectivity index (χ0) is 13.9. The number of nitrogens with one attached hydrogen (secondary N) is 1. The number of rotatable bonds is 9. The summed E-state index contributed by atoms with van der Waals surface area (Å²) in [6.45, 7) is 5.17. The normalized spacial score (nSPS) is 12.1. The number of carbonyl (C=O) groups is 1. The standard InChI is InChI=1S/C14H22N2O2S/c1-3-9-15-12(14(17)18-4-2)8-11-19-13-7-5-6-10-16-13/h5-7,10,12,15H,3-4,8-9,11H2,1-2H3. The van der Waals surface area contributed by atoms with Gasteiger partial charge in [-0.2, -0.15) is 0 Å². The molecule has 0 saturated carbocycles. The summed E-state index contributed by atoms with van der Waals surface area (Å²) < 4.78 is 5.08. The van der Waals surface area contributed by atoms with Gasteiger partial charge in [-0.05, 0) is 38.4 Å². The van der Waals surface area contributed by atoms with Crippen LogP contribution in [-0.4, -0.2) is 35.9 Å². The first-order valence-electron chi connectivity index (χ1n) is 6.71. The van der Waals surface area contributed by atoms with Gasteiger partial charge < -0.3 is 10.1 Å². The first-order chi connectivity index (χ1) is 9.27. The maximum atomic E-state index is 11.8. The van der Waals surface area contributed by atoms with Crippen molar-refractivity contribution >= 4 is 17.7 Å². The lowest BCUT2D eigenvalue weighted by molar-refractivity contribution is -0.145. The van der Waals surface area contributed by atoms with Crippen LogP contribution < -0.4 is 5.32 Å². The van der Waals surface area contributed by atoms with Crippen LogP contribution in [0.1, 0.15) is 26.7 Å². The van der Waals surface area contributed by atoms with Gasteiger partial charge in [0.15, 0.2) is 0 Å². The molecule has 5 heteroatoms. The van der Waals surface area contributed by atoms with Crippen molar-refractivity contribution in [3.8, 4) is 0 Å². The van der Waals surface area contributed by atoms with E-state index in [4.69, 9.17) is 4.74 Å². The average Bonchev–Trinajstić information content (AvgIpc) is 2.44. The molecule has 1 rings (SSSR count). The van der Waals surface area contributed by atoms with Crippen LogP contribution in [0.3, 0.4) is 0 Å². The Morgan fingerprint density at radius 3 is 2.95 bits per heavy atom. The van der Waals surface area contributed by atoms with Gasteiger partial charge in [-0.1, -0.05) is 13.0 Å². The predicted octanol–water partition coefficient (Wildman–Crippen LogP) is 2.50. The second-order valence-corrected chi connectivity index (χ2v) is 5.18. The third-order valence-electron chi connectivity index (χ3n) is 2.51. The van der Waals surface area contributed by atoms with Gasteiger partial charge in [0, 0.05) is 11.9 Å². The number of carbonyl (C=O) groups excluding carboxylic acids is 1. The number of thioether (sulfide) groups is 1. The van der Waals surface area contributed by atoms with Crippen LogP contribution in [0, 0.1) is 0 Å². The summed E-state index contributed by atoms with van der Waals surface area (Å²) in [6.07, 6.45) is 3.53. The molecule has 1 unspecified atom stereocenters. The molecule has 0 amide bonds. The van der Waals surface area contributed by atoms with Crippen molar-refractivity contribution in [2.75, 3.05) is 18.9 Å². The van der Waals surface area contributed by atoms with E-state index in [0.29, 0.717) is 6.61 Å². The van der Waals surface area contributed by atoms with Crippen molar-refractivity contribution in [3.05, 3.63) is 24.4 Å². The Balaban J connectivity index is 2.37. The number of nitrogens with zero attached hydrogens (tertiary/aromatic N) is 1. The average molecular weight is 282 g/mol. The Hall–Kier alpha value is -1.07. The second kappa shape index (κ2) is 9.81. The van der Waals surface area contributed by atoms with E-state index >= 15 is 0 Å². The van der Waals surface area contributed by atoms with E-state index < -0.39 is 0 Å². The smallest absolute Gasteiger partial charge is 0.323 e. The quantitative estimate of drug-likeness (QED) is 0.557. The Morgan fingerprint density at radius 2 is 2.32 bits per heavy atom. The summed E-state index contributed by atoms with van der Waals surface area (Å²) in [4.78, 5) is 16.0. The Kier molecular flexibility index (Phi) is 8.25. The summed E-state index contributed by atoms with van der Waals surface area (Å²) in [5.41, 5.74) is 0. The molecule has 1 atom stereocenters.